The Morgan fingerprint density at radius 2 is 2.06 bits per heavy atom. The molecule has 1 aromatic heterocycles. The number of benzene rings is 2. The van der Waals surface area contributed by atoms with Gasteiger partial charge in [0.1, 0.15) is 11.3 Å². The van der Waals surface area contributed by atoms with E-state index in [0.717, 1.165) is 48.5 Å². The molecule has 0 amide bonds. The highest BCUT2D eigenvalue weighted by atomic mass is 32.2. The quantitative estimate of drug-likeness (QED) is 0.351. The molecule has 5 nitrogen and oxygen atoms in total. The van der Waals surface area contributed by atoms with E-state index >= 15 is 0 Å². The van der Waals surface area contributed by atoms with E-state index < -0.39 is 0 Å². The lowest BCUT2D eigenvalue weighted by molar-refractivity contribution is 0.0523. The molecule has 1 aliphatic rings. The molecule has 1 aliphatic heterocycles. The Morgan fingerprint density at radius 3 is 2.78 bits per heavy atom. The molecule has 0 bridgehead atoms. The van der Waals surface area contributed by atoms with E-state index in [4.69, 9.17) is 9.47 Å². The summed E-state index contributed by atoms with van der Waals surface area (Å²) in [5, 5.41) is 1.09. The van der Waals surface area contributed by atoms with Crippen LogP contribution in [0, 0.1) is 0 Å². The van der Waals surface area contributed by atoms with Crippen LogP contribution < -0.4 is 4.74 Å². The molecule has 2 aromatic carbocycles. The number of thioether (sulfide) groups is 1. The van der Waals surface area contributed by atoms with Crippen LogP contribution in [0.15, 0.2) is 54.7 Å². The van der Waals surface area contributed by atoms with Gasteiger partial charge in [0.2, 0.25) is 0 Å². The molecule has 0 radical (unpaired) electrons. The molecule has 0 atom stereocenters. The number of nitrogens with zero attached hydrogens (tertiary/aromatic N) is 1. The number of carbonyl (C=O) groups is 1. The Morgan fingerprint density at radius 1 is 1.22 bits per heavy atom. The predicted octanol–water partition coefficient (Wildman–Crippen LogP) is 5.38. The molecule has 168 valence electrons. The monoisotopic (exact) mass is 450 g/mol. The van der Waals surface area contributed by atoms with Gasteiger partial charge in [0, 0.05) is 48.2 Å². The zero-order valence-corrected chi connectivity index (χ0v) is 19.5. The Kier molecular flexibility index (Phi) is 7.55. The molecule has 32 heavy (non-hydrogen) atoms. The van der Waals surface area contributed by atoms with Crippen molar-refractivity contribution >= 4 is 34.2 Å². The number of rotatable bonds is 9. The number of esters is 1. The number of methoxy groups -OCH3 is 1. The lowest BCUT2D eigenvalue weighted by Crippen LogP contribution is -2.30. The summed E-state index contributed by atoms with van der Waals surface area (Å²) in [6.07, 6.45) is 5.51. The Hall–Kier alpha value is -2.70. The summed E-state index contributed by atoms with van der Waals surface area (Å²) >= 11 is 1.93. The van der Waals surface area contributed by atoms with Crippen LogP contribution in [0.4, 0.5) is 0 Å². The third-order valence-corrected chi connectivity index (χ3v) is 6.82. The summed E-state index contributed by atoms with van der Waals surface area (Å²) in [5.74, 6) is 2.19. The zero-order chi connectivity index (χ0) is 22.3. The first-order chi connectivity index (χ1) is 15.7. The second kappa shape index (κ2) is 10.7. The zero-order valence-electron chi connectivity index (χ0n) is 18.7. The Balaban J connectivity index is 1.31. The summed E-state index contributed by atoms with van der Waals surface area (Å²) in [6.45, 7) is 5.36. The van der Waals surface area contributed by atoms with Gasteiger partial charge >= 0.3 is 5.97 Å². The van der Waals surface area contributed by atoms with Gasteiger partial charge in [-0.1, -0.05) is 36.4 Å². The number of aromatic amines is 1. The molecule has 6 heteroatoms. The van der Waals surface area contributed by atoms with Crippen molar-refractivity contribution in [2.24, 2.45) is 0 Å². The first kappa shape index (κ1) is 22.5. The second-order valence-corrected chi connectivity index (χ2v) is 8.94. The molecule has 0 aliphatic carbocycles. The standard InChI is InChI=1S/C26H30N2O3S/c1-3-31-26(29)23-15-24-22(16-25(23)30-2)21(17-27-24)18-32-14-13-28-11-9-20(10-12-28)19-7-5-4-6-8-19/h4-9,15-17,27H,3,10-14,18H2,1-2H3. The molecule has 2 heterocycles. The molecular formula is C26H30N2O3S. The average molecular weight is 451 g/mol. The lowest BCUT2D eigenvalue weighted by Gasteiger charge is -2.26. The molecular weight excluding hydrogens is 420 g/mol. The van der Waals surface area contributed by atoms with Crippen LogP contribution in [0.2, 0.25) is 0 Å². The molecule has 4 rings (SSSR count). The number of aromatic nitrogens is 1. The van der Waals surface area contributed by atoms with E-state index in [9.17, 15) is 4.79 Å². The van der Waals surface area contributed by atoms with E-state index in [1.54, 1.807) is 14.0 Å². The first-order valence-corrected chi connectivity index (χ1v) is 12.2. The number of fused-ring (bicyclic) bond motifs is 1. The number of hydrogen-bond acceptors (Lipinski definition) is 5. The second-order valence-electron chi connectivity index (χ2n) is 7.83. The van der Waals surface area contributed by atoms with Crippen LogP contribution in [-0.4, -0.2) is 55.0 Å². The molecule has 0 saturated carbocycles. The first-order valence-electron chi connectivity index (χ1n) is 11.1. The normalized spacial score (nSPS) is 14.4. The van der Waals surface area contributed by atoms with Gasteiger partial charge in [0.05, 0.1) is 13.7 Å². The molecule has 0 spiro atoms. The van der Waals surface area contributed by atoms with Crippen LogP contribution in [-0.2, 0) is 10.5 Å². The summed E-state index contributed by atoms with van der Waals surface area (Å²) in [7, 11) is 1.58. The van der Waals surface area contributed by atoms with Gasteiger partial charge in [-0.25, -0.2) is 4.79 Å². The van der Waals surface area contributed by atoms with Crippen LogP contribution in [0.1, 0.15) is 34.8 Å². The fraction of sp³-hybridized carbons (Fsp3) is 0.346. The van der Waals surface area contributed by atoms with Gasteiger partial charge < -0.3 is 14.5 Å². The summed E-state index contributed by atoms with van der Waals surface area (Å²) in [5.41, 5.74) is 5.42. The smallest absolute Gasteiger partial charge is 0.341 e. The van der Waals surface area contributed by atoms with Crippen LogP contribution in [0.5, 0.6) is 5.75 Å². The van der Waals surface area contributed by atoms with Gasteiger partial charge in [-0.2, -0.15) is 11.8 Å². The van der Waals surface area contributed by atoms with Crippen LogP contribution in [0.3, 0.4) is 0 Å². The molecule has 0 saturated heterocycles. The van der Waals surface area contributed by atoms with Crippen LogP contribution >= 0.6 is 11.8 Å². The van der Waals surface area contributed by atoms with Gasteiger partial charge in [0.15, 0.2) is 0 Å². The third kappa shape index (κ3) is 5.19. The highest BCUT2D eigenvalue weighted by Gasteiger charge is 2.17. The van der Waals surface area contributed by atoms with Gasteiger partial charge in [-0.15, -0.1) is 0 Å². The number of ether oxygens (including phenoxy) is 2. The predicted molar refractivity (Wildman–Crippen MR) is 132 cm³/mol. The van der Waals surface area contributed by atoms with Crippen molar-refractivity contribution in [2.75, 3.05) is 39.1 Å². The van der Waals surface area contributed by atoms with Crippen molar-refractivity contribution in [3.05, 3.63) is 71.4 Å². The number of H-pyrrole nitrogens is 1. The largest absolute Gasteiger partial charge is 0.496 e. The SMILES string of the molecule is CCOC(=O)c1cc2[nH]cc(CSCCN3CC=C(c4ccccc4)CC3)c2cc1OC. The minimum Gasteiger partial charge on any atom is -0.496 e. The lowest BCUT2D eigenvalue weighted by atomic mass is 10.00. The van der Waals surface area contributed by atoms with E-state index in [0.29, 0.717) is 17.9 Å². The Bertz CT molecular complexity index is 1090. The minimum absolute atomic E-state index is 0.340. The van der Waals surface area contributed by atoms with E-state index in [1.807, 2.05) is 30.1 Å². The van der Waals surface area contributed by atoms with Gasteiger partial charge in [-0.05, 0) is 42.2 Å². The average Bonchev–Trinajstić information content (AvgIpc) is 3.24. The number of carbonyl (C=O) groups excluding carboxylic acids is 1. The maximum Gasteiger partial charge on any atom is 0.341 e. The van der Waals surface area contributed by atoms with E-state index in [2.05, 4.69) is 46.3 Å². The summed E-state index contributed by atoms with van der Waals surface area (Å²) in [6, 6.07) is 14.4. The van der Waals surface area contributed by atoms with Crippen LogP contribution in [0.25, 0.3) is 16.5 Å². The summed E-state index contributed by atoms with van der Waals surface area (Å²) in [4.78, 5) is 18.0. The van der Waals surface area contributed by atoms with E-state index in [-0.39, 0.29) is 5.97 Å². The molecule has 0 fully saturated rings. The van der Waals surface area contributed by atoms with E-state index in [1.165, 1.54) is 16.7 Å². The third-order valence-electron chi connectivity index (χ3n) is 5.83. The summed E-state index contributed by atoms with van der Waals surface area (Å²) < 4.78 is 10.6. The Labute approximate surface area is 193 Å². The number of nitrogens with one attached hydrogen (secondary N) is 1. The van der Waals surface area contributed by atoms with Crippen molar-refractivity contribution in [3.8, 4) is 5.75 Å². The van der Waals surface area contributed by atoms with Crippen molar-refractivity contribution in [1.29, 1.82) is 0 Å². The molecule has 1 N–H and O–H groups in total. The van der Waals surface area contributed by atoms with Crippen molar-refractivity contribution in [1.82, 2.24) is 9.88 Å². The van der Waals surface area contributed by atoms with Crippen molar-refractivity contribution < 1.29 is 14.3 Å². The highest BCUT2D eigenvalue weighted by Crippen LogP contribution is 2.30. The van der Waals surface area contributed by atoms with Crippen molar-refractivity contribution in [3.63, 3.8) is 0 Å². The van der Waals surface area contributed by atoms with Gasteiger partial charge in [-0.3, -0.25) is 4.90 Å². The van der Waals surface area contributed by atoms with Crippen molar-refractivity contribution in [2.45, 2.75) is 19.1 Å². The maximum absolute atomic E-state index is 12.2. The maximum atomic E-state index is 12.2. The highest BCUT2D eigenvalue weighted by molar-refractivity contribution is 7.98. The molecule has 0 unspecified atom stereocenters. The molecule has 3 aromatic rings. The topological polar surface area (TPSA) is 54.6 Å². The van der Waals surface area contributed by atoms with Gasteiger partial charge in [0.25, 0.3) is 0 Å². The number of hydrogen-bond donors (Lipinski definition) is 1. The fourth-order valence-corrected chi connectivity index (χ4v) is 5.06. The minimum atomic E-state index is -0.359. The fourth-order valence-electron chi connectivity index (χ4n) is 4.07.